The van der Waals surface area contributed by atoms with Crippen molar-refractivity contribution >= 4 is 17.5 Å². The molecular weight excluding hydrogens is 312 g/mol. The number of carbonyl (C=O) groups excluding carboxylic acids is 1. The second-order valence-corrected chi connectivity index (χ2v) is 6.25. The average Bonchev–Trinajstić information content (AvgIpc) is 2.56. The number of carbonyl (C=O) groups is 1. The molecule has 1 fully saturated rings. The molecule has 2 heterocycles. The molecule has 2 atom stereocenters. The number of pyridine rings is 1. The number of ether oxygens (including phenoxy) is 1. The number of amides is 1. The lowest BCUT2D eigenvalue weighted by Gasteiger charge is -2.38. The van der Waals surface area contributed by atoms with E-state index in [9.17, 15) is 4.79 Å². The van der Waals surface area contributed by atoms with Gasteiger partial charge in [-0.15, -0.1) is 0 Å². The largest absolute Gasteiger partial charge is 0.370 e. The molecule has 1 amide bonds. The highest BCUT2D eigenvalue weighted by atomic mass is 35.5. The van der Waals surface area contributed by atoms with Crippen molar-refractivity contribution in [1.29, 1.82) is 0 Å². The van der Waals surface area contributed by atoms with Gasteiger partial charge >= 0.3 is 0 Å². The van der Waals surface area contributed by atoms with Crippen molar-refractivity contribution in [2.75, 3.05) is 13.2 Å². The van der Waals surface area contributed by atoms with Crippen molar-refractivity contribution < 1.29 is 9.53 Å². The van der Waals surface area contributed by atoms with Crippen molar-refractivity contribution in [3.05, 3.63) is 64.4 Å². The van der Waals surface area contributed by atoms with Crippen LogP contribution in [-0.4, -0.2) is 35.0 Å². The Morgan fingerprint density at radius 2 is 2.13 bits per heavy atom. The number of rotatable bonds is 2. The standard InChI is InChI=1S/C18H19ClN2O2/c1-12-5-3-4-6-14(12)17-10-21(13(2)11-23-17)18(22)15-7-8-20-9-16(15)19/h3-9,13,17H,10-11H2,1-2H3/t13-,17+/m1/s1. The quantitative estimate of drug-likeness (QED) is 0.844. The van der Waals surface area contributed by atoms with E-state index in [1.807, 2.05) is 24.0 Å². The van der Waals surface area contributed by atoms with Crippen LogP contribution in [0.5, 0.6) is 0 Å². The van der Waals surface area contributed by atoms with Crippen LogP contribution >= 0.6 is 11.6 Å². The molecule has 0 aliphatic carbocycles. The summed E-state index contributed by atoms with van der Waals surface area (Å²) >= 11 is 6.12. The zero-order chi connectivity index (χ0) is 16.4. The van der Waals surface area contributed by atoms with Gasteiger partial charge in [0.2, 0.25) is 0 Å². The van der Waals surface area contributed by atoms with Crippen LogP contribution in [0.4, 0.5) is 0 Å². The lowest BCUT2D eigenvalue weighted by Crippen LogP contribution is -2.48. The van der Waals surface area contributed by atoms with E-state index in [0.717, 1.165) is 5.56 Å². The van der Waals surface area contributed by atoms with Crippen molar-refractivity contribution in [2.45, 2.75) is 26.0 Å². The highest BCUT2D eigenvalue weighted by Crippen LogP contribution is 2.29. The van der Waals surface area contributed by atoms with E-state index in [1.165, 1.54) is 11.8 Å². The summed E-state index contributed by atoms with van der Waals surface area (Å²) in [6, 6.07) is 9.78. The Kier molecular flexibility index (Phi) is 4.64. The first-order valence-corrected chi connectivity index (χ1v) is 8.03. The van der Waals surface area contributed by atoms with Gasteiger partial charge in [0.1, 0.15) is 6.10 Å². The summed E-state index contributed by atoms with van der Waals surface area (Å²) in [6.07, 6.45) is 2.97. The fourth-order valence-corrected chi connectivity index (χ4v) is 3.08. The van der Waals surface area contributed by atoms with Crippen LogP contribution in [0, 0.1) is 6.92 Å². The first-order valence-electron chi connectivity index (χ1n) is 7.65. The second-order valence-electron chi connectivity index (χ2n) is 5.84. The summed E-state index contributed by atoms with van der Waals surface area (Å²) in [5.74, 6) is -0.0771. The van der Waals surface area contributed by atoms with Gasteiger partial charge in [-0.25, -0.2) is 0 Å². The van der Waals surface area contributed by atoms with Crippen LogP contribution in [0.3, 0.4) is 0 Å². The number of morpholine rings is 1. The number of hydrogen-bond acceptors (Lipinski definition) is 3. The van der Waals surface area contributed by atoms with Crippen LogP contribution in [0.25, 0.3) is 0 Å². The average molecular weight is 331 g/mol. The van der Waals surface area contributed by atoms with E-state index < -0.39 is 0 Å². The van der Waals surface area contributed by atoms with E-state index in [4.69, 9.17) is 16.3 Å². The van der Waals surface area contributed by atoms with E-state index in [2.05, 4.69) is 24.0 Å². The van der Waals surface area contributed by atoms with Gasteiger partial charge in [0.15, 0.2) is 0 Å². The molecule has 1 aromatic heterocycles. The van der Waals surface area contributed by atoms with E-state index >= 15 is 0 Å². The zero-order valence-corrected chi connectivity index (χ0v) is 14.0. The predicted octanol–water partition coefficient (Wildman–Crippen LogP) is 3.65. The normalized spacial score (nSPS) is 21.3. The van der Waals surface area contributed by atoms with Crippen LogP contribution in [0.1, 0.15) is 34.5 Å². The lowest BCUT2D eigenvalue weighted by molar-refractivity contribution is -0.0489. The molecule has 0 spiro atoms. The number of nitrogens with zero attached hydrogens (tertiary/aromatic N) is 2. The smallest absolute Gasteiger partial charge is 0.255 e. The van der Waals surface area contributed by atoms with E-state index in [-0.39, 0.29) is 18.1 Å². The Balaban J connectivity index is 1.86. The van der Waals surface area contributed by atoms with Gasteiger partial charge in [-0.1, -0.05) is 35.9 Å². The molecule has 1 saturated heterocycles. The van der Waals surface area contributed by atoms with Crippen molar-refractivity contribution in [3.63, 3.8) is 0 Å². The van der Waals surface area contributed by atoms with Crippen LogP contribution in [0.2, 0.25) is 5.02 Å². The SMILES string of the molecule is Cc1ccccc1[C@@H]1CN(C(=O)c2ccncc2Cl)[C@H](C)CO1. The molecule has 2 aromatic rings. The molecule has 0 radical (unpaired) electrons. The number of aromatic nitrogens is 1. The summed E-state index contributed by atoms with van der Waals surface area (Å²) in [6.45, 7) is 5.07. The van der Waals surface area contributed by atoms with Gasteiger partial charge in [0.25, 0.3) is 5.91 Å². The van der Waals surface area contributed by atoms with Crippen molar-refractivity contribution in [3.8, 4) is 0 Å². The molecular formula is C18H19ClN2O2. The summed E-state index contributed by atoms with van der Waals surface area (Å²) in [5, 5.41) is 0.378. The molecule has 3 rings (SSSR count). The third kappa shape index (κ3) is 3.23. The first kappa shape index (κ1) is 16.0. The number of hydrogen-bond donors (Lipinski definition) is 0. The second kappa shape index (κ2) is 6.69. The Hall–Kier alpha value is -1.91. The molecule has 1 aliphatic heterocycles. The molecule has 5 heteroatoms. The molecule has 120 valence electrons. The zero-order valence-electron chi connectivity index (χ0n) is 13.2. The highest BCUT2D eigenvalue weighted by Gasteiger charge is 2.32. The summed E-state index contributed by atoms with van der Waals surface area (Å²) in [4.78, 5) is 18.6. The Morgan fingerprint density at radius 3 is 2.87 bits per heavy atom. The number of halogens is 1. The third-order valence-corrected chi connectivity index (χ3v) is 4.53. The minimum atomic E-state index is -0.114. The third-order valence-electron chi connectivity index (χ3n) is 4.23. The molecule has 23 heavy (non-hydrogen) atoms. The van der Waals surface area contributed by atoms with Crippen molar-refractivity contribution in [2.24, 2.45) is 0 Å². The molecule has 0 N–H and O–H groups in total. The topological polar surface area (TPSA) is 42.4 Å². The van der Waals surface area contributed by atoms with Gasteiger partial charge < -0.3 is 9.64 Å². The van der Waals surface area contributed by atoms with Gasteiger partial charge in [-0.05, 0) is 31.0 Å². The molecule has 0 unspecified atom stereocenters. The molecule has 4 nitrogen and oxygen atoms in total. The minimum Gasteiger partial charge on any atom is -0.370 e. The summed E-state index contributed by atoms with van der Waals surface area (Å²) in [5.41, 5.74) is 2.78. The molecule has 1 aliphatic rings. The maximum Gasteiger partial charge on any atom is 0.255 e. The molecule has 0 bridgehead atoms. The van der Waals surface area contributed by atoms with Gasteiger partial charge in [-0.3, -0.25) is 9.78 Å². The number of benzene rings is 1. The monoisotopic (exact) mass is 330 g/mol. The Morgan fingerprint density at radius 1 is 1.35 bits per heavy atom. The maximum absolute atomic E-state index is 12.9. The fraction of sp³-hybridized carbons (Fsp3) is 0.333. The lowest BCUT2D eigenvalue weighted by atomic mass is 10.0. The van der Waals surface area contributed by atoms with Crippen LogP contribution in [-0.2, 0) is 4.74 Å². The molecule has 0 saturated carbocycles. The minimum absolute atomic E-state index is 0.00648. The highest BCUT2D eigenvalue weighted by molar-refractivity contribution is 6.33. The fourth-order valence-electron chi connectivity index (χ4n) is 2.88. The van der Waals surface area contributed by atoms with Gasteiger partial charge in [0.05, 0.1) is 29.8 Å². The number of aryl methyl sites for hydroxylation is 1. The first-order chi connectivity index (χ1) is 11.1. The van der Waals surface area contributed by atoms with Crippen LogP contribution < -0.4 is 0 Å². The maximum atomic E-state index is 12.9. The summed E-state index contributed by atoms with van der Waals surface area (Å²) in [7, 11) is 0. The van der Waals surface area contributed by atoms with Crippen LogP contribution in [0.15, 0.2) is 42.7 Å². The van der Waals surface area contributed by atoms with E-state index in [0.29, 0.717) is 23.7 Å². The Labute approximate surface area is 141 Å². The molecule has 1 aromatic carbocycles. The Bertz CT molecular complexity index is 720. The van der Waals surface area contributed by atoms with Gasteiger partial charge in [0, 0.05) is 12.4 Å². The van der Waals surface area contributed by atoms with Gasteiger partial charge in [-0.2, -0.15) is 0 Å². The summed E-state index contributed by atoms with van der Waals surface area (Å²) < 4.78 is 5.96. The van der Waals surface area contributed by atoms with E-state index in [1.54, 1.807) is 12.3 Å². The predicted molar refractivity (Wildman–Crippen MR) is 89.6 cm³/mol. The van der Waals surface area contributed by atoms with Crippen molar-refractivity contribution in [1.82, 2.24) is 9.88 Å².